The van der Waals surface area contributed by atoms with Crippen LogP contribution in [0, 0.1) is 5.92 Å². The number of carbonyl (C=O) groups is 2. The van der Waals surface area contributed by atoms with Gasteiger partial charge in [0.05, 0.1) is 18.5 Å². The first kappa shape index (κ1) is 24.7. The Hall–Kier alpha value is -3.45. The molecule has 1 aliphatic heterocycles. The maximum absolute atomic E-state index is 12.7. The number of nitrogens with zero attached hydrogens (tertiary/aromatic N) is 3. The molecule has 1 aromatic heterocycles. The molecule has 0 atom stereocenters. The first-order valence-corrected chi connectivity index (χ1v) is 12.8. The van der Waals surface area contributed by atoms with Crippen LogP contribution in [-0.2, 0) is 16.0 Å². The van der Waals surface area contributed by atoms with Crippen molar-refractivity contribution in [3.8, 4) is 5.75 Å². The van der Waals surface area contributed by atoms with E-state index in [0.717, 1.165) is 50.2 Å². The van der Waals surface area contributed by atoms with E-state index >= 15 is 0 Å². The van der Waals surface area contributed by atoms with Crippen molar-refractivity contribution in [3.05, 3.63) is 77.3 Å². The van der Waals surface area contributed by atoms with Crippen molar-refractivity contribution in [2.24, 2.45) is 5.92 Å². The molecule has 7 heteroatoms. The molecule has 35 heavy (non-hydrogen) atoms. The molecule has 2 heterocycles. The zero-order valence-corrected chi connectivity index (χ0v) is 21.0. The number of anilines is 2. The molecule has 4 rings (SSSR count). The lowest BCUT2D eigenvalue weighted by atomic mass is 9.90. The highest BCUT2D eigenvalue weighted by atomic mass is 32.1. The number of rotatable bonds is 8. The summed E-state index contributed by atoms with van der Waals surface area (Å²) in [5, 5.41) is 2.46. The summed E-state index contributed by atoms with van der Waals surface area (Å²) < 4.78 is 5.22. The third kappa shape index (κ3) is 6.57. The molecular formula is C28H31N3O3S. The number of aryl methyl sites for hydroxylation is 1. The van der Waals surface area contributed by atoms with Gasteiger partial charge in [-0.1, -0.05) is 30.3 Å². The molecule has 1 aliphatic rings. The normalized spacial score (nSPS) is 14.3. The number of thiazole rings is 1. The number of methoxy groups -OCH3 is 1. The number of likely N-dealkylation sites (tertiary alicyclic amines) is 1. The minimum absolute atomic E-state index is 0.0136. The standard InChI is InChI=1S/C28H31N3O3S/c1-21(32)31(25-6-4-3-5-7-25)28-29-24(20-35-28)12-15-27(33)30-18-16-23(17-19-30)9-8-22-10-13-26(34-2)14-11-22/h3-7,10-15,20,23H,8-9,16-19H2,1-2H3/b15-12+. The lowest BCUT2D eigenvalue weighted by molar-refractivity contribution is -0.127. The van der Waals surface area contributed by atoms with Crippen LogP contribution >= 0.6 is 11.3 Å². The topological polar surface area (TPSA) is 62.7 Å². The Kier molecular flexibility index (Phi) is 8.32. The van der Waals surface area contributed by atoms with E-state index < -0.39 is 0 Å². The molecular weight excluding hydrogens is 458 g/mol. The SMILES string of the molecule is COc1ccc(CCC2CCN(C(=O)/C=C/c3csc(N(C(C)=O)c4ccccc4)n3)CC2)cc1. The van der Waals surface area contributed by atoms with Gasteiger partial charge in [0.1, 0.15) is 5.75 Å². The maximum atomic E-state index is 12.7. The second-order valence-corrected chi connectivity index (χ2v) is 9.57. The number of para-hydroxylation sites is 1. The average Bonchev–Trinajstić information content (AvgIpc) is 3.35. The van der Waals surface area contributed by atoms with Crippen LogP contribution in [0.3, 0.4) is 0 Å². The third-order valence-corrected chi connectivity index (χ3v) is 7.20. The van der Waals surface area contributed by atoms with E-state index in [-0.39, 0.29) is 11.8 Å². The molecule has 2 aromatic carbocycles. The van der Waals surface area contributed by atoms with Crippen molar-refractivity contribution < 1.29 is 14.3 Å². The largest absolute Gasteiger partial charge is 0.497 e. The van der Waals surface area contributed by atoms with Crippen LogP contribution in [0.1, 0.15) is 37.4 Å². The van der Waals surface area contributed by atoms with Crippen molar-refractivity contribution >= 4 is 40.0 Å². The minimum Gasteiger partial charge on any atom is -0.497 e. The Morgan fingerprint density at radius 1 is 1.11 bits per heavy atom. The number of carbonyl (C=O) groups excluding carboxylic acids is 2. The molecule has 182 valence electrons. The van der Waals surface area contributed by atoms with Gasteiger partial charge in [0, 0.05) is 31.5 Å². The van der Waals surface area contributed by atoms with Gasteiger partial charge in [-0.3, -0.25) is 14.5 Å². The summed E-state index contributed by atoms with van der Waals surface area (Å²) in [6.45, 7) is 3.09. The van der Waals surface area contributed by atoms with E-state index in [1.807, 2.05) is 52.7 Å². The van der Waals surface area contributed by atoms with Crippen LogP contribution < -0.4 is 9.64 Å². The molecule has 0 saturated carbocycles. The van der Waals surface area contributed by atoms with Crippen molar-refractivity contribution in [2.45, 2.75) is 32.6 Å². The van der Waals surface area contributed by atoms with Crippen LogP contribution in [0.15, 0.2) is 66.1 Å². The first-order chi connectivity index (χ1) is 17.0. The molecule has 0 unspecified atom stereocenters. The number of hydrogen-bond donors (Lipinski definition) is 0. The highest BCUT2D eigenvalue weighted by Gasteiger charge is 2.22. The number of piperidine rings is 1. The Morgan fingerprint density at radius 3 is 2.49 bits per heavy atom. The van der Waals surface area contributed by atoms with E-state index in [4.69, 9.17) is 4.74 Å². The van der Waals surface area contributed by atoms with E-state index in [2.05, 4.69) is 17.1 Å². The quantitative estimate of drug-likeness (QED) is 0.380. The van der Waals surface area contributed by atoms with E-state index in [1.165, 1.54) is 23.8 Å². The summed E-state index contributed by atoms with van der Waals surface area (Å²) in [5.74, 6) is 1.43. The summed E-state index contributed by atoms with van der Waals surface area (Å²) in [6.07, 6.45) is 7.58. The molecule has 0 bridgehead atoms. The highest BCUT2D eigenvalue weighted by molar-refractivity contribution is 7.14. The van der Waals surface area contributed by atoms with Gasteiger partial charge in [-0.25, -0.2) is 4.98 Å². The van der Waals surface area contributed by atoms with Gasteiger partial charge < -0.3 is 9.64 Å². The van der Waals surface area contributed by atoms with Crippen molar-refractivity contribution in [1.29, 1.82) is 0 Å². The Morgan fingerprint density at radius 2 is 1.83 bits per heavy atom. The number of aromatic nitrogens is 1. The van der Waals surface area contributed by atoms with Crippen LogP contribution in [-0.4, -0.2) is 41.9 Å². The lowest BCUT2D eigenvalue weighted by Crippen LogP contribution is -2.37. The Bertz CT molecular complexity index is 1150. The Labute approximate surface area is 210 Å². The van der Waals surface area contributed by atoms with Gasteiger partial charge in [-0.2, -0.15) is 0 Å². The van der Waals surface area contributed by atoms with Gasteiger partial charge in [-0.05, 0) is 67.5 Å². The van der Waals surface area contributed by atoms with Gasteiger partial charge in [0.2, 0.25) is 11.8 Å². The second kappa shape index (κ2) is 11.8. The summed E-state index contributed by atoms with van der Waals surface area (Å²) in [7, 11) is 1.68. The zero-order valence-electron chi connectivity index (χ0n) is 20.2. The summed E-state index contributed by atoms with van der Waals surface area (Å²) >= 11 is 1.38. The number of amides is 2. The van der Waals surface area contributed by atoms with Crippen molar-refractivity contribution in [1.82, 2.24) is 9.88 Å². The van der Waals surface area contributed by atoms with E-state index in [1.54, 1.807) is 24.2 Å². The van der Waals surface area contributed by atoms with Gasteiger partial charge in [0.15, 0.2) is 5.13 Å². The van der Waals surface area contributed by atoms with E-state index in [0.29, 0.717) is 16.7 Å². The van der Waals surface area contributed by atoms with E-state index in [9.17, 15) is 9.59 Å². The van der Waals surface area contributed by atoms with Crippen molar-refractivity contribution in [3.63, 3.8) is 0 Å². The molecule has 1 fully saturated rings. The predicted octanol–water partition coefficient (Wildman–Crippen LogP) is 5.72. The molecule has 3 aromatic rings. The summed E-state index contributed by atoms with van der Waals surface area (Å²) in [6, 6.07) is 17.7. The van der Waals surface area contributed by atoms with Crippen LogP contribution in [0.2, 0.25) is 0 Å². The molecule has 6 nitrogen and oxygen atoms in total. The van der Waals surface area contributed by atoms with Gasteiger partial charge >= 0.3 is 0 Å². The molecule has 0 radical (unpaired) electrons. The lowest BCUT2D eigenvalue weighted by Gasteiger charge is -2.31. The number of benzene rings is 2. The summed E-state index contributed by atoms with van der Waals surface area (Å²) in [4.78, 5) is 33.0. The fourth-order valence-electron chi connectivity index (χ4n) is 4.33. The molecule has 1 saturated heterocycles. The monoisotopic (exact) mass is 489 g/mol. The fourth-order valence-corrected chi connectivity index (χ4v) is 5.18. The fraction of sp³-hybridized carbons (Fsp3) is 0.321. The smallest absolute Gasteiger partial charge is 0.246 e. The molecule has 0 aliphatic carbocycles. The zero-order chi connectivity index (χ0) is 24.6. The summed E-state index contributed by atoms with van der Waals surface area (Å²) in [5.41, 5.74) is 2.77. The number of hydrogen-bond acceptors (Lipinski definition) is 5. The predicted molar refractivity (Wildman–Crippen MR) is 141 cm³/mol. The van der Waals surface area contributed by atoms with Crippen LogP contribution in [0.4, 0.5) is 10.8 Å². The van der Waals surface area contributed by atoms with Crippen LogP contribution in [0.5, 0.6) is 5.75 Å². The van der Waals surface area contributed by atoms with Crippen LogP contribution in [0.25, 0.3) is 6.08 Å². The highest BCUT2D eigenvalue weighted by Crippen LogP contribution is 2.29. The Balaban J connectivity index is 1.27. The molecule has 2 amide bonds. The van der Waals surface area contributed by atoms with Crippen molar-refractivity contribution in [2.75, 3.05) is 25.1 Å². The third-order valence-electron chi connectivity index (χ3n) is 6.35. The van der Waals surface area contributed by atoms with Gasteiger partial charge in [0.25, 0.3) is 0 Å². The molecule has 0 N–H and O–H groups in total. The average molecular weight is 490 g/mol. The number of ether oxygens (including phenoxy) is 1. The van der Waals surface area contributed by atoms with Gasteiger partial charge in [-0.15, -0.1) is 11.3 Å². The first-order valence-electron chi connectivity index (χ1n) is 11.9. The minimum atomic E-state index is -0.105. The second-order valence-electron chi connectivity index (χ2n) is 8.73. The molecule has 0 spiro atoms. The maximum Gasteiger partial charge on any atom is 0.246 e.